The second-order valence-corrected chi connectivity index (χ2v) is 7.10. The molecule has 2 aromatic rings. The van der Waals surface area contributed by atoms with Crippen LogP contribution in [0.5, 0.6) is 11.5 Å². The molecule has 150 valence electrons. The quantitative estimate of drug-likeness (QED) is 0.594. The highest BCUT2D eigenvalue weighted by Gasteiger charge is 2.14. The Morgan fingerprint density at radius 1 is 1.07 bits per heavy atom. The van der Waals surface area contributed by atoms with Gasteiger partial charge in [-0.1, -0.05) is 30.3 Å². The molecule has 1 unspecified atom stereocenters. The Labute approximate surface area is 167 Å². The molecule has 1 aliphatic heterocycles. The molecule has 0 radical (unpaired) electrons. The molecule has 0 amide bonds. The number of likely N-dealkylation sites (N-methyl/N-ethyl adjacent to an activating group) is 1. The standard InChI is InChI=1S/C22H30N4O2/c1-23-22(24-16-19(26(2)3)14-17-8-5-4-6-9-17)25-18-10-11-20-21(15-18)28-13-7-12-27-20/h4-6,8-11,15,19H,7,12-14,16H2,1-3H3,(H2,23,24,25). The molecule has 0 saturated carbocycles. The van der Waals surface area contributed by atoms with Crippen molar-refractivity contribution in [3.8, 4) is 11.5 Å². The first-order valence-corrected chi connectivity index (χ1v) is 9.73. The lowest BCUT2D eigenvalue weighted by atomic mass is 10.1. The van der Waals surface area contributed by atoms with Gasteiger partial charge in [0, 0.05) is 37.8 Å². The second-order valence-electron chi connectivity index (χ2n) is 7.10. The molecule has 1 heterocycles. The van der Waals surface area contributed by atoms with E-state index in [4.69, 9.17) is 9.47 Å². The van der Waals surface area contributed by atoms with Gasteiger partial charge in [-0.15, -0.1) is 0 Å². The maximum absolute atomic E-state index is 5.77. The van der Waals surface area contributed by atoms with E-state index in [1.54, 1.807) is 7.05 Å². The predicted octanol–water partition coefficient (Wildman–Crippen LogP) is 3.01. The number of aliphatic imine (C=N–C) groups is 1. The van der Waals surface area contributed by atoms with Gasteiger partial charge in [0.15, 0.2) is 17.5 Å². The van der Waals surface area contributed by atoms with Crippen molar-refractivity contribution in [1.29, 1.82) is 0 Å². The molecule has 6 heteroatoms. The van der Waals surface area contributed by atoms with Gasteiger partial charge in [-0.2, -0.15) is 0 Å². The number of nitrogens with zero attached hydrogens (tertiary/aromatic N) is 2. The molecular formula is C22H30N4O2. The summed E-state index contributed by atoms with van der Waals surface area (Å²) in [5, 5.41) is 6.78. The van der Waals surface area contributed by atoms with E-state index in [9.17, 15) is 0 Å². The highest BCUT2D eigenvalue weighted by Crippen LogP contribution is 2.32. The van der Waals surface area contributed by atoms with Crippen LogP contribution < -0.4 is 20.1 Å². The second kappa shape index (κ2) is 9.99. The van der Waals surface area contributed by atoms with Gasteiger partial charge in [0.05, 0.1) is 13.2 Å². The molecule has 0 aliphatic carbocycles. The lowest BCUT2D eigenvalue weighted by Crippen LogP contribution is -2.43. The number of hydrogen-bond donors (Lipinski definition) is 2. The summed E-state index contributed by atoms with van der Waals surface area (Å²) in [4.78, 5) is 6.59. The number of rotatable bonds is 6. The number of hydrogen-bond acceptors (Lipinski definition) is 4. The van der Waals surface area contributed by atoms with E-state index in [2.05, 4.69) is 58.9 Å². The van der Waals surface area contributed by atoms with E-state index in [0.29, 0.717) is 19.3 Å². The van der Waals surface area contributed by atoms with Crippen LogP contribution in [0, 0.1) is 0 Å². The van der Waals surface area contributed by atoms with Crippen LogP contribution >= 0.6 is 0 Å². The first kappa shape index (κ1) is 20.0. The van der Waals surface area contributed by atoms with Crippen LogP contribution in [0.2, 0.25) is 0 Å². The van der Waals surface area contributed by atoms with Gasteiger partial charge in [0.25, 0.3) is 0 Å². The molecule has 1 aliphatic rings. The minimum atomic E-state index is 0.352. The maximum atomic E-state index is 5.77. The zero-order valence-corrected chi connectivity index (χ0v) is 16.9. The number of fused-ring (bicyclic) bond motifs is 1. The predicted molar refractivity (Wildman–Crippen MR) is 115 cm³/mol. The van der Waals surface area contributed by atoms with E-state index in [1.807, 2.05) is 24.3 Å². The van der Waals surface area contributed by atoms with Crippen LogP contribution in [-0.4, -0.2) is 57.8 Å². The van der Waals surface area contributed by atoms with E-state index >= 15 is 0 Å². The Morgan fingerprint density at radius 3 is 2.54 bits per heavy atom. The highest BCUT2D eigenvalue weighted by molar-refractivity contribution is 5.93. The fourth-order valence-electron chi connectivity index (χ4n) is 3.09. The minimum Gasteiger partial charge on any atom is -0.490 e. The van der Waals surface area contributed by atoms with Gasteiger partial charge in [0.1, 0.15) is 0 Å². The van der Waals surface area contributed by atoms with E-state index in [-0.39, 0.29) is 0 Å². The Bertz CT molecular complexity index is 777. The lowest BCUT2D eigenvalue weighted by molar-refractivity contribution is 0.291. The molecular weight excluding hydrogens is 352 g/mol. The van der Waals surface area contributed by atoms with E-state index in [1.165, 1.54) is 5.56 Å². The SMILES string of the molecule is CN=C(NCC(Cc1ccccc1)N(C)C)Nc1ccc2c(c1)OCCCO2. The number of ether oxygens (including phenoxy) is 2. The first-order chi connectivity index (χ1) is 13.7. The molecule has 2 N–H and O–H groups in total. The van der Waals surface area contributed by atoms with Crippen LogP contribution in [0.25, 0.3) is 0 Å². The van der Waals surface area contributed by atoms with E-state index in [0.717, 1.165) is 42.5 Å². The molecule has 0 saturated heterocycles. The average Bonchev–Trinajstić information content (AvgIpc) is 2.95. The Hall–Kier alpha value is -2.73. The van der Waals surface area contributed by atoms with Gasteiger partial charge >= 0.3 is 0 Å². The zero-order valence-electron chi connectivity index (χ0n) is 16.9. The third-order valence-electron chi connectivity index (χ3n) is 4.78. The Morgan fingerprint density at radius 2 is 1.82 bits per heavy atom. The lowest BCUT2D eigenvalue weighted by Gasteiger charge is -2.26. The first-order valence-electron chi connectivity index (χ1n) is 9.73. The summed E-state index contributed by atoms with van der Waals surface area (Å²) in [5.41, 5.74) is 2.25. The van der Waals surface area contributed by atoms with Crippen molar-refractivity contribution >= 4 is 11.6 Å². The maximum Gasteiger partial charge on any atom is 0.195 e. The van der Waals surface area contributed by atoms with Crippen molar-refractivity contribution in [2.24, 2.45) is 4.99 Å². The van der Waals surface area contributed by atoms with Gasteiger partial charge in [0.2, 0.25) is 0 Å². The summed E-state index contributed by atoms with van der Waals surface area (Å²) in [7, 11) is 5.99. The third kappa shape index (κ3) is 5.63. The van der Waals surface area contributed by atoms with Gasteiger partial charge < -0.3 is 25.0 Å². The van der Waals surface area contributed by atoms with E-state index < -0.39 is 0 Å². The molecule has 6 nitrogen and oxygen atoms in total. The minimum absolute atomic E-state index is 0.352. The molecule has 1 atom stereocenters. The molecule has 0 fully saturated rings. The third-order valence-corrected chi connectivity index (χ3v) is 4.78. The van der Waals surface area contributed by atoms with Gasteiger partial charge in [-0.25, -0.2) is 0 Å². The fraction of sp³-hybridized carbons (Fsp3) is 0.409. The summed E-state index contributed by atoms with van der Waals surface area (Å²) >= 11 is 0. The highest BCUT2D eigenvalue weighted by atomic mass is 16.5. The number of guanidine groups is 1. The van der Waals surface area contributed by atoms with Crippen molar-refractivity contribution in [2.75, 3.05) is 46.2 Å². The summed E-state index contributed by atoms with van der Waals surface area (Å²) in [6.07, 6.45) is 1.87. The topological polar surface area (TPSA) is 58.1 Å². The summed E-state index contributed by atoms with van der Waals surface area (Å²) in [6.45, 7) is 2.15. The summed E-state index contributed by atoms with van der Waals surface area (Å²) in [5.74, 6) is 2.30. The van der Waals surface area contributed by atoms with Crippen molar-refractivity contribution in [2.45, 2.75) is 18.9 Å². The number of nitrogens with one attached hydrogen (secondary N) is 2. The largest absolute Gasteiger partial charge is 0.490 e. The van der Waals surface area contributed by atoms with Crippen LogP contribution in [0.4, 0.5) is 5.69 Å². The Kier molecular flexibility index (Phi) is 7.14. The van der Waals surface area contributed by atoms with Crippen molar-refractivity contribution in [3.05, 3.63) is 54.1 Å². The van der Waals surface area contributed by atoms with Crippen LogP contribution in [-0.2, 0) is 6.42 Å². The van der Waals surface area contributed by atoms with Crippen molar-refractivity contribution < 1.29 is 9.47 Å². The monoisotopic (exact) mass is 382 g/mol. The molecule has 0 aromatic heterocycles. The normalized spacial score (nSPS) is 15.1. The molecule has 3 rings (SSSR count). The smallest absolute Gasteiger partial charge is 0.195 e. The van der Waals surface area contributed by atoms with Crippen LogP contribution in [0.3, 0.4) is 0 Å². The van der Waals surface area contributed by atoms with Gasteiger partial charge in [-0.3, -0.25) is 4.99 Å². The molecule has 28 heavy (non-hydrogen) atoms. The number of anilines is 1. The molecule has 0 bridgehead atoms. The van der Waals surface area contributed by atoms with Crippen LogP contribution in [0.15, 0.2) is 53.5 Å². The molecule has 2 aromatic carbocycles. The van der Waals surface area contributed by atoms with Crippen LogP contribution in [0.1, 0.15) is 12.0 Å². The summed E-state index contributed by atoms with van der Waals surface area (Å²) < 4.78 is 11.5. The number of benzene rings is 2. The fourth-order valence-corrected chi connectivity index (χ4v) is 3.09. The molecule has 0 spiro atoms. The van der Waals surface area contributed by atoms with Gasteiger partial charge in [-0.05, 0) is 38.2 Å². The zero-order chi connectivity index (χ0) is 19.8. The van der Waals surface area contributed by atoms with Crippen molar-refractivity contribution in [1.82, 2.24) is 10.2 Å². The van der Waals surface area contributed by atoms with Crippen molar-refractivity contribution in [3.63, 3.8) is 0 Å². The Balaban J connectivity index is 1.60. The summed E-state index contributed by atoms with van der Waals surface area (Å²) in [6, 6.07) is 16.8. The average molecular weight is 383 g/mol.